The van der Waals surface area contributed by atoms with Gasteiger partial charge in [0, 0.05) is 6.54 Å². The van der Waals surface area contributed by atoms with Crippen LogP contribution in [-0.4, -0.2) is 30.5 Å². The Balaban J connectivity index is 3.62. The molecule has 2 unspecified atom stereocenters. The molecule has 0 aromatic carbocycles. The van der Waals surface area contributed by atoms with Crippen molar-refractivity contribution in [1.82, 2.24) is 5.32 Å². The quantitative estimate of drug-likeness (QED) is 0.632. The molecular formula is C10H22N2OS. The lowest BCUT2D eigenvalue weighted by Gasteiger charge is -2.17. The highest BCUT2D eigenvalue weighted by molar-refractivity contribution is 7.98. The van der Waals surface area contributed by atoms with Gasteiger partial charge in [-0.1, -0.05) is 20.3 Å². The van der Waals surface area contributed by atoms with Gasteiger partial charge in [-0.2, -0.15) is 11.8 Å². The minimum Gasteiger partial charge on any atom is -0.355 e. The van der Waals surface area contributed by atoms with Crippen molar-refractivity contribution in [1.29, 1.82) is 0 Å². The number of carbonyl (C=O) groups is 1. The van der Waals surface area contributed by atoms with Gasteiger partial charge >= 0.3 is 0 Å². The Labute approximate surface area is 91.2 Å². The second-order valence-electron chi connectivity index (χ2n) is 3.55. The average Bonchev–Trinajstić information content (AvgIpc) is 2.21. The molecule has 0 aliphatic heterocycles. The van der Waals surface area contributed by atoms with Gasteiger partial charge < -0.3 is 11.1 Å². The number of hydrogen-bond donors (Lipinski definition) is 2. The molecule has 0 saturated carbocycles. The number of nitrogens with one attached hydrogen (secondary N) is 1. The van der Waals surface area contributed by atoms with Crippen molar-refractivity contribution in [2.24, 2.45) is 11.7 Å². The molecule has 0 spiro atoms. The van der Waals surface area contributed by atoms with Gasteiger partial charge in [0.2, 0.25) is 5.91 Å². The molecule has 4 heteroatoms. The Bertz CT molecular complexity index is 164. The van der Waals surface area contributed by atoms with E-state index in [9.17, 15) is 4.79 Å². The van der Waals surface area contributed by atoms with Crippen LogP contribution in [0.15, 0.2) is 0 Å². The molecule has 0 rings (SSSR count). The standard InChI is InChI=1S/C10H22N2OS/c1-4-8(2)9(11)10(13)12-6-5-7-14-3/h8-9H,4-7,11H2,1-3H3,(H,12,13). The molecule has 0 aliphatic carbocycles. The first kappa shape index (κ1) is 13.8. The summed E-state index contributed by atoms with van der Waals surface area (Å²) in [5.41, 5.74) is 5.77. The van der Waals surface area contributed by atoms with Crippen LogP contribution < -0.4 is 11.1 Å². The predicted molar refractivity (Wildman–Crippen MR) is 63.4 cm³/mol. The molecule has 0 saturated heterocycles. The minimum atomic E-state index is -0.353. The van der Waals surface area contributed by atoms with E-state index in [-0.39, 0.29) is 17.9 Å². The van der Waals surface area contributed by atoms with Crippen LogP contribution in [0.25, 0.3) is 0 Å². The second-order valence-corrected chi connectivity index (χ2v) is 4.53. The molecule has 14 heavy (non-hydrogen) atoms. The predicted octanol–water partition coefficient (Wildman–Crippen LogP) is 1.23. The smallest absolute Gasteiger partial charge is 0.237 e. The van der Waals surface area contributed by atoms with Gasteiger partial charge in [0.25, 0.3) is 0 Å². The number of carbonyl (C=O) groups excluding carboxylic acids is 1. The first-order chi connectivity index (χ1) is 6.63. The van der Waals surface area contributed by atoms with Crippen molar-refractivity contribution in [2.75, 3.05) is 18.6 Å². The van der Waals surface area contributed by atoms with Crippen molar-refractivity contribution >= 4 is 17.7 Å². The van der Waals surface area contributed by atoms with E-state index in [4.69, 9.17) is 5.73 Å². The molecule has 84 valence electrons. The number of rotatable bonds is 7. The highest BCUT2D eigenvalue weighted by Crippen LogP contribution is 2.04. The fourth-order valence-corrected chi connectivity index (χ4v) is 1.49. The minimum absolute atomic E-state index is 0.0135. The van der Waals surface area contributed by atoms with Crippen molar-refractivity contribution < 1.29 is 4.79 Å². The Kier molecular flexibility index (Phi) is 7.99. The van der Waals surface area contributed by atoms with Crippen molar-refractivity contribution in [3.05, 3.63) is 0 Å². The monoisotopic (exact) mass is 218 g/mol. The lowest BCUT2D eigenvalue weighted by molar-refractivity contribution is -0.123. The normalized spacial score (nSPS) is 14.9. The largest absolute Gasteiger partial charge is 0.355 e. The molecule has 0 radical (unpaired) electrons. The summed E-state index contributed by atoms with van der Waals surface area (Å²) in [6, 6.07) is -0.353. The molecule has 0 aromatic rings. The van der Waals surface area contributed by atoms with Gasteiger partial charge in [-0.05, 0) is 24.3 Å². The maximum atomic E-state index is 11.5. The molecule has 2 atom stereocenters. The van der Waals surface area contributed by atoms with E-state index in [1.807, 2.05) is 13.8 Å². The maximum absolute atomic E-state index is 11.5. The Hall–Kier alpha value is -0.220. The van der Waals surface area contributed by atoms with Gasteiger partial charge in [-0.25, -0.2) is 0 Å². The molecule has 3 N–H and O–H groups in total. The zero-order valence-corrected chi connectivity index (χ0v) is 10.2. The number of nitrogens with two attached hydrogens (primary N) is 1. The van der Waals surface area contributed by atoms with Gasteiger partial charge in [-0.15, -0.1) is 0 Å². The van der Waals surface area contributed by atoms with Crippen LogP contribution >= 0.6 is 11.8 Å². The van der Waals surface area contributed by atoms with Crippen molar-refractivity contribution in [3.8, 4) is 0 Å². The van der Waals surface area contributed by atoms with Gasteiger partial charge in [0.1, 0.15) is 0 Å². The molecule has 0 aromatic heterocycles. The molecular weight excluding hydrogens is 196 g/mol. The Morgan fingerprint density at radius 2 is 2.21 bits per heavy atom. The fraction of sp³-hybridized carbons (Fsp3) is 0.900. The zero-order valence-electron chi connectivity index (χ0n) is 9.38. The van der Waals surface area contributed by atoms with Crippen molar-refractivity contribution in [3.63, 3.8) is 0 Å². The third-order valence-electron chi connectivity index (χ3n) is 2.38. The van der Waals surface area contributed by atoms with E-state index in [0.29, 0.717) is 0 Å². The van der Waals surface area contributed by atoms with E-state index in [0.717, 1.165) is 25.1 Å². The van der Waals surface area contributed by atoms with E-state index >= 15 is 0 Å². The summed E-state index contributed by atoms with van der Waals surface area (Å²) in [7, 11) is 0. The van der Waals surface area contributed by atoms with Crippen LogP contribution in [0.2, 0.25) is 0 Å². The summed E-state index contributed by atoms with van der Waals surface area (Å²) >= 11 is 1.79. The summed E-state index contributed by atoms with van der Waals surface area (Å²) in [4.78, 5) is 11.5. The van der Waals surface area contributed by atoms with E-state index in [1.165, 1.54) is 0 Å². The fourth-order valence-electron chi connectivity index (χ4n) is 1.06. The third kappa shape index (κ3) is 5.50. The molecule has 1 amide bonds. The summed E-state index contributed by atoms with van der Waals surface area (Å²) < 4.78 is 0. The van der Waals surface area contributed by atoms with Crippen LogP contribution in [0.4, 0.5) is 0 Å². The van der Waals surface area contributed by atoms with Gasteiger partial charge in [0.15, 0.2) is 0 Å². The molecule has 0 heterocycles. The van der Waals surface area contributed by atoms with Gasteiger partial charge in [0.05, 0.1) is 6.04 Å². The number of hydrogen-bond acceptors (Lipinski definition) is 3. The van der Waals surface area contributed by atoms with E-state index in [1.54, 1.807) is 11.8 Å². The van der Waals surface area contributed by atoms with Crippen LogP contribution in [0, 0.1) is 5.92 Å². The summed E-state index contributed by atoms with van der Waals surface area (Å²) in [5.74, 6) is 1.33. The van der Waals surface area contributed by atoms with Crippen LogP contribution in [-0.2, 0) is 4.79 Å². The first-order valence-corrected chi connectivity index (χ1v) is 6.55. The lowest BCUT2D eigenvalue weighted by Crippen LogP contribution is -2.44. The lowest BCUT2D eigenvalue weighted by atomic mass is 9.99. The van der Waals surface area contributed by atoms with Crippen LogP contribution in [0.3, 0.4) is 0 Å². The summed E-state index contributed by atoms with van der Waals surface area (Å²) in [6.45, 7) is 4.79. The number of amides is 1. The maximum Gasteiger partial charge on any atom is 0.237 e. The average molecular weight is 218 g/mol. The Morgan fingerprint density at radius 3 is 2.71 bits per heavy atom. The molecule has 0 aliphatic rings. The first-order valence-electron chi connectivity index (χ1n) is 5.15. The molecule has 0 bridgehead atoms. The Morgan fingerprint density at radius 1 is 1.57 bits per heavy atom. The number of thioether (sulfide) groups is 1. The molecule has 0 fully saturated rings. The van der Waals surface area contributed by atoms with Crippen LogP contribution in [0.1, 0.15) is 26.7 Å². The topological polar surface area (TPSA) is 55.1 Å². The van der Waals surface area contributed by atoms with Crippen LogP contribution in [0.5, 0.6) is 0 Å². The summed E-state index contributed by atoms with van der Waals surface area (Å²) in [6.07, 6.45) is 4.02. The zero-order chi connectivity index (χ0) is 11.0. The summed E-state index contributed by atoms with van der Waals surface area (Å²) in [5, 5.41) is 2.86. The highest BCUT2D eigenvalue weighted by Gasteiger charge is 2.18. The second kappa shape index (κ2) is 8.12. The third-order valence-corrected chi connectivity index (χ3v) is 3.08. The van der Waals surface area contributed by atoms with Gasteiger partial charge in [-0.3, -0.25) is 4.79 Å². The van der Waals surface area contributed by atoms with E-state index < -0.39 is 0 Å². The van der Waals surface area contributed by atoms with Crippen molar-refractivity contribution in [2.45, 2.75) is 32.7 Å². The SMILES string of the molecule is CCC(C)C(N)C(=O)NCCCSC. The van der Waals surface area contributed by atoms with E-state index in [2.05, 4.69) is 11.6 Å². The molecule has 3 nitrogen and oxygen atoms in total. The highest BCUT2D eigenvalue weighted by atomic mass is 32.2.